The number of para-hydroxylation sites is 2. The lowest BCUT2D eigenvalue weighted by atomic mass is 9.95. The van der Waals surface area contributed by atoms with E-state index < -0.39 is 28.5 Å². The Kier molecular flexibility index (Phi) is 10.6. The fraction of sp³-hybridized carbons (Fsp3) is 0.394. The molecule has 1 aliphatic rings. The number of carbonyl (C=O) groups excluding carboxylic acids is 2. The van der Waals surface area contributed by atoms with Crippen LogP contribution >= 0.6 is 0 Å². The summed E-state index contributed by atoms with van der Waals surface area (Å²) in [6.07, 6.45) is 5.13. The number of rotatable bonds is 12. The number of sulfonamides is 1. The maximum atomic E-state index is 14.2. The molecule has 42 heavy (non-hydrogen) atoms. The number of amides is 2. The highest BCUT2D eigenvalue weighted by atomic mass is 32.2. The summed E-state index contributed by atoms with van der Waals surface area (Å²) < 4.78 is 35.1. The number of carbonyl (C=O) groups is 2. The lowest BCUT2D eigenvalue weighted by molar-refractivity contribution is -0.139. The molecule has 2 amide bonds. The van der Waals surface area contributed by atoms with Crippen LogP contribution in [0.1, 0.15) is 57.1 Å². The van der Waals surface area contributed by atoms with Gasteiger partial charge in [-0.2, -0.15) is 0 Å². The highest BCUT2D eigenvalue weighted by Crippen LogP contribution is 2.33. The first-order valence-electron chi connectivity index (χ1n) is 14.7. The molecule has 1 atom stereocenters. The number of anilines is 1. The van der Waals surface area contributed by atoms with Gasteiger partial charge < -0.3 is 15.0 Å². The number of nitrogens with one attached hydrogen (secondary N) is 1. The van der Waals surface area contributed by atoms with Crippen molar-refractivity contribution in [1.29, 1.82) is 0 Å². The zero-order chi connectivity index (χ0) is 30.1. The summed E-state index contributed by atoms with van der Waals surface area (Å²) in [5.74, 6) is -0.387. The quantitative estimate of drug-likeness (QED) is 0.302. The van der Waals surface area contributed by atoms with Gasteiger partial charge in [-0.3, -0.25) is 13.9 Å². The maximum absolute atomic E-state index is 14.2. The monoisotopic (exact) mass is 591 g/mol. The largest absolute Gasteiger partial charge is 0.492 e. The number of benzene rings is 3. The molecule has 1 saturated carbocycles. The molecule has 0 heterocycles. The van der Waals surface area contributed by atoms with E-state index in [-0.39, 0.29) is 29.1 Å². The number of hydrogen-bond donors (Lipinski definition) is 1. The Morgan fingerprint density at radius 2 is 1.57 bits per heavy atom. The van der Waals surface area contributed by atoms with Crippen molar-refractivity contribution < 1.29 is 22.7 Å². The van der Waals surface area contributed by atoms with Crippen molar-refractivity contribution in [2.45, 2.75) is 76.4 Å². The normalized spacial score (nSPS) is 14.5. The molecule has 0 radical (unpaired) electrons. The van der Waals surface area contributed by atoms with Crippen molar-refractivity contribution in [2.75, 3.05) is 17.5 Å². The van der Waals surface area contributed by atoms with Crippen molar-refractivity contribution in [2.24, 2.45) is 0 Å². The molecular formula is C33H41N3O5S. The Morgan fingerprint density at radius 3 is 2.24 bits per heavy atom. The van der Waals surface area contributed by atoms with Gasteiger partial charge in [-0.1, -0.05) is 79.4 Å². The van der Waals surface area contributed by atoms with E-state index in [9.17, 15) is 18.0 Å². The van der Waals surface area contributed by atoms with Crippen molar-refractivity contribution in [1.82, 2.24) is 10.2 Å². The molecule has 3 aromatic carbocycles. The summed E-state index contributed by atoms with van der Waals surface area (Å²) in [5, 5.41) is 3.13. The van der Waals surface area contributed by atoms with Gasteiger partial charge in [0.15, 0.2) is 0 Å². The van der Waals surface area contributed by atoms with Crippen LogP contribution in [0.5, 0.6) is 5.75 Å². The molecule has 0 spiro atoms. The summed E-state index contributed by atoms with van der Waals surface area (Å²) in [6.45, 7) is 5.37. The van der Waals surface area contributed by atoms with Gasteiger partial charge in [-0.25, -0.2) is 8.42 Å². The lowest BCUT2D eigenvalue weighted by Crippen LogP contribution is -2.53. The zero-order valence-corrected chi connectivity index (χ0v) is 25.5. The van der Waals surface area contributed by atoms with Gasteiger partial charge in [0, 0.05) is 12.6 Å². The van der Waals surface area contributed by atoms with E-state index in [1.54, 1.807) is 43.3 Å². The van der Waals surface area contributed by atoms with E-state index in [1.807, 2.05) is 44.2 Å². The van der Waals surface area contributed by atoms with E-state index in [2.05, 4.69) is 5.32 Å². The van der Waals surface area contributed by atoms with Crippen LogP contribution in [0, 0.1) is 6.92 Å². The molecule has 224 valence electrons. The minimum atomic E-state index is -4.18. The lowest BCUT2D eigenvalue weighted by Gasteiger charge is -2.33. The van der Waals surface area contributed by atoms with Crippen LogP contribution in [0.2, 0.25) is 0 Å². The number of nitrogens with zero attached hydrogens (tertiary/aromatic N) is 2. The van der Waals surface area contributed by atoms with Gasteiger partial charge in [0.2, 0.25) is 11.8 Å². The van der Waals surface area contributed by atoms with Crippen LogP contribution in [-0.4, -0.2) is 50.4 Å². The molecule has 0 unspecified atom stereocenters. The third kappa shape index (κ3) is 7.70. The predicted octanol–water partition coefficient (Wildman–Crippen LogP) is 5.46. The first-order valence-corrected chi connectivity index (χ1v) is 16.1. The molecule has 0 saturated heterocycles. The van der Waals surface area contributed by atoms with Crippen LogP contribution in [0.3, 0.4) is 0 Å². The molecule has 4 rings (SSSR count). The zero-order valence-electron chi connectivity index (χ0n) is 24.7. The highest BCUT2D eigenvalue weighted by molar-refractivity contribution is 7.92. The van der Waals surface area contributed by atoms with Crippen LogP contribution in [0.15, 0.2) is 83.8 Å². The second-order valence-electron chi connectivity index (χ2n) is 10.8. The van der Waals surface area contributed by atoms with E-state index in [0.29, 0.717) is 12.4 Å². The molecule has 9 heteroatoms. The Balaban J connectivity index is 1.70. The van der Waals surface area contributed by atoms with Gasteiger partial charge in [-0.05, 0) is 63.4 Å². The minimum absolute atomic E-state index is 0.0601. The van der Waals surface area contributed by atoms with E-state index in [1.165, 1.54) is 17.0 Å². The number of ether oxygens (including phenoxy) is 1. The third-order valence-corrected chi connectivity index (χ3v) is 9.41. The number of aryl methyl sites for hydroxylation is 1. The van der Waals surface area contributed by atoms with Gasteiger partial charge in [0.05, 0.1) is 17.2 Å². The Labute approximate surface area is 249 Å². The van der Waals surface area contributed by atoms with Crippen molar-refractivity contribution in [3.8, 4) is 5.75 Å². The summed E-state index contributed by atoms with van der Waals surface area (Å²) in [5.41, 5.74) is 2.01. The average Bonchev–Trinajstić information content (AvgIpc) is 3.00. The first-order chi connectivity index (χ1) is 20.2. The molecular weight excluding hydrogens is 550 g/mol. The Bertz CT molecular complexity index is 1440. The molecule has 0 aromatic heterocycles. The number of hydrogen-bond acceptors (Lipinski definition) is 5. The fourth-order valence-electron chi connectivity index (χ4n) is 5.22. The second-order valence-corrected chi connectivity index (χ2v) is 12.6. The van der Waals surface area contributed by atoms with Crippen molar-refractivity contribution >= 4 is 27.5 Å². The first kappa shape index (κ1) is 31.1. The molecule has 1 aliphatic carbocycles. The summed E-state index contributed by atoms with van der Waals surface area (Å²) in [4.78, 5) is 29.1. The van der Waals surface area contributed by atoms with E-state index in [0.717, 1.165) is 47.5 Å². The molecule has 1 N–H and O–H groups in total. The SMILES string of the molecule is CCOc1ccccc1N(CC(=O)N(Cc1ccccc1)[C@H](C)C(=O)NC1CCCCC1)S(=O)(=O)c1ccc(C)cc1. The van der Waals surface area contributed by atoms with Crippen LogP contribution in [-0.2, 0) is 26.2 Å². The highest BCUT2D eigenvalue weighted by Gasteiger charge is 2.34. The van der Waals surface area contributed by atoms with Gasteiger partial charge in [-0.15, -0.1) is 0 Å². The predicted molar refractivity (Wildman–Crippen MR) is 165 cm³/mol. The van der Waals surface area contributed by atoms with Crippen LogP contribution in [0.4, 0.5) is 5.69 Å². The Morgan fingerprint density at radius 1 is 0.929 bits per heavy atom. The molecule has 8 nitrogen and oxygen atoms in total. The van der Waals surface area contributed by atoms with E-state index in [4.69, 9.17) is 4.74 Å². The standard InChI is InChI=1S/C33H41N3O5S/c1-4-41-31-18-12-11-17-30(31)36(42(39,40)29-21-19-25(2)20-22-29)24-32(37)35(23-27-13-7-5-8-14-27)26(3)33(38)34-28-15-9-6-10-16-28/h5,7-8,11-14,17-22,26,28H,4,6,9-10,15-16,23-24H2,1-3H3,(H,34,38)/t26-/m1/s1. The van der Waals surface area contributed by atoms with Gasteiger partial charge >= 0.3 is 0 Å². The topological polar surface area (TPSA) is 96.0 Å². The summed E-state index contributed by atoms with van der Waals surface area (Å²) in [7, 11) is -4.18. The van der Waals surface area contributed by atoms with Gasteiger partial charge in [0.1, 0.15) is 18.3 Å². The molecule has 0 bridgehead atoms. The smallest absolute Gasteiger partial charge is 0.264 e. The van der Waals surface area contributed by atoms with Crippen molar-refractivity contribution in [3.63, 3.8) is 0 Å². The van der Waals surface area contributed by atoms with Crippen LogP contribution < -0.4 is 14.4 Å². The van der Waals surface area contributed by atoms with E-state index >= 15 is 0 Å². The minimum Gasteiger partial charge on any atom is -0.492 e. The second kappa shape index (κ2) is 14.4. The average molecular weight is 592 g/mol. The third-order valence-electron chi connectivity index (χ3n) is 7.64. The maximum Gasteiger partial charge on any atom is 0.264 e. The van der Waals surface area contributed by atoms with Crippen molar-refractivity contribution in [3.05, 3.63) is 90.0 Å². The van der Waals surface area contributed by atoms with Crippen LogP contribution in [0.25, 0.3) is 0 Å². The molecule has 1 fully saturated rings. The van der Waals surface area contributed by atoms with Gasteiger partial charge in [0.25, 0.3) is 10.0 Å². The molecule has 0 aliphatic heterocycles. The Hall–Kier alpha value is -3.85. The molecule has 3 aromatic rings. The summed E-state index contributed by atoms with van der Waals surface area (Å²) in [6, 6.07) is 22.0. The summed E-state index contributed by atoms with van der Waals surface area (Å²) >= 11 is 0. The fourth-order valence-corrected chi connectivity index (χ4v) is 6.65.